The smallest absolute Gasteiger partial charge is 0.286 e. The summed E-state index contributed by atoms with van der Waals surface area (Å²) >= 11 is 1.12. The Hall–Kier alpha value is -2.78. The third-order valence-electron chi connectivity index (χ3n) is 3.60. The molecule has 0 spiro atoms. The number of nitrogens with zero attached hydrogens (tertiary/aromatic N) is 3. The van der Waals surface area contributed by atoms with E-state index >= 15 is 0 Å². The number of halogens is 3. The van der Waals surface area contributed by atoms with Gasteiger partial charge in [0.25, 0.3) is 5.91 Å². The molecule has 0 radical (unpaired) electrons. The molecule has 3 rings (SSSR count). The summed E-state index contributed by atoms with van der Waals surface area (Å²) < 4.78 is 39.1. The Balaban J connectivity index is 1.58. The van der Waals surface area contributed by atoms with Crippen LogP contribution in [0.5, 0.6) is 0 Å². The number of aromatic nitrogens is 2. The van der Waals surface area contributed by atoms with E-state index < -0.39 is 23.4 Å². The first kappa shape index (κ1) is 19.0. The molecule has 0 saturated heterocycles. The highest BCUT2D eigenvalue weighted by molar-refractivity contribution is 7.13. The van der Waals surface area contributed by atoms with Crippen LogP contribution in [0.2, 0.25) is 0 Å². The molecule has 1 heterocycles. The number of hydrogen-bond acceptors (Lipinski definition) is 5. The molecular weight excluding hydrogens is 377 g/mol. The van der Waals surface area contributed by atoms with E-state index in [-0.39, 0.29) is 5.01 Å². The summed E-state index contributed by atoms with van der Waals surface area (Å²) in [7, 11) is 1.79. The molecule has 0 fully saturated rings. The van der Waals surface area contributed by atoms with Crippen LogP contribution in [0.1, 0.15) is 20.4 Å². The molecule has 5 nitrogen and oxygen atoms in total. The monoisotopic (exact) mass is 392 g/mol. The number of anilines is 1. The second-order valence-electron chi connectivity index (χ2n) is 5.88. The van der Waals surface area contributed by atoms with Crippen molar-refractivity contribution in [3.8, 4) is 0 Å². The number of benzene rings is 2. The molecule has 1 aromatic heterocycles. The van der Waals surface area contributed by atoms with Gasteiger partial charge in [-0.1, -0.05) is 17.4 Å². The fourth-order valence-corrected chi connectivity index (χ4v) is 3.18. The van der Waals surface area contributed by atoms with E-state index in [4.69, 9.17) is 0 Å². The van der Waals surface area contributed by atoms with Crippen molar-refractivity contribution in [2.45, 2.75) is 13.1 Å². The molecule has 2 aromatic carbocycles. The lowest BCUT2D eigenvalue weighted by atomic mass is 10.2. The van der Waals surface area contributed by atoms with Crippen LogP contribution in [0, 0.1) is 17.5 Å². The summed E-state index contributed by atoms with van der Waals surface area (Å²) in [5.41, 5.74) is 1.07. The summed E-state index contributed by atoms with van der Waals surface area (Å²) in [5, 5.41) is 11.2. The van der Waals surface area contributed by atoms with Crippen molar-refractivity contribution in [2.75, 3.05) is 12.4 Å². The number of hydrogen-bond donors (Lipinski definition) is 1. The molecule has 9 heteroatoms. The van der Waals surface area contributed by atoms with Crippen molar-refractivity contribution in [1.29, 1.82) is 0 Å². The topological polar surface area (TPSA) is 58.1 Å². The van der Waals surface area contributed by atoms with Gasteiger partial charge in [-0.2, -0.15) is 0 Å². The lowest BCUT2D eigenvalue weighted by Gasteiger charge is -2.14. The van der Waals surface area contributed by atoms with Gasteiger partial charge in [0.1, 0.15) is 10.8 Å². The maximum atomic E-state index is 13.3. The van der Waals surface area contributed by atoms with Gasteiger partial charge in [-0.15, -0.1) is 10.2 Å². The van der Waals surface area contributed by atoms with Crippen LogP contribution in [0.25, 0.3) is 0 Å². The molecular formula is C18H15F3N4OS. The van der Waals surface area contributed by atoms with Crippen molar-refractivity contribution in [2.24, 2.45) is 0 Å². The van der Waals surface area contributed by atoms with Crippen LogP contribution in [-0.2, 0) is 13.1 Å². The quantitative estimate of drug-likeness (QED) is 0.693. The number of nitrogens with one attached hydrogen (secondary N) is 1. The standard InChI is InChI=1S/C18H15F3N4OS/c1-25(9-11-2-7-14(20)15(21)8-11)10-16-23-24-18(27-16)17(26)22-13-5-3-12(19)4-6-13/h2-8H,9-10H2,1H3,(H,22,26). The van der Waals surface area contributed by atoms with Gasteiger partial charge >= 0.3 is 0 Å². The summed E-state index contributed by atoms with van der Waals surface area (Å²) in [4.78, 5) is 14.0. The SMILES string of the molecule is CN(Cc1ccc(F)c(F)c1)Cc1nnc(C(=O)Nc2ccc(F)cc2)s1. The molecule has 3 aromatic rings. The molecule has 0 aliphatic heterocycles. The minimum atomic E-state index is -0.892. The molecule has 0 aliphatic carbocycles. The van der Waals surface area contributed by atoms with Crippen LogP contribution >= 0.6 is 11.3 Å². The van der Waals surface area contributed by atoms with E-state index in [9.17, 15) is 18.0 Å². The summed E-state index contributed by atoms with van der Waals surface area (Å²) in [6.45, 7) is 0.772. The van der Waals surface area contributed by atoms with Crippen molar-refractivity contribution in [1.82, 2.24) is 15.1 Å². The molecule has 27 heavy (non-hydrogen) atoms. The zero-order chi connectivity index (χ0) is 19.4. The van der Waals surface area contributed by atoms with Gasteiger partial charge in [0.15, 0.2) is 11.6 Å². The second-order valence-corrected chi connectivity index (χ2v) is 6.94. The first-order valence-corrected chi connectivity index (χ1v) is 8.74. The Bertz CT molecular complexity index is 946. The third-order valence-corrected chi connectivity index (χ3v) is 4.51. The number of amides is 1. The Kier molecular flexibility index (Phi) is 5.82. The van der Waals surface area contributed by atoms with Crippen LogP contribution in [-0.4, -0.2) is 28.1 Å². The van der Waals surface area contributed by atoms with Crippen molar-refractivity contribution >= 4 is 22.9 Å². The summed E-state index contributed by atoms with van der Waals surface area (Å²) in [6, 6.07) is 9.13. The molecule has 0 atom stereocenters. The fourth-order valence-electron chi connectivity index (χ4n) is 2.36. The Morgan fingerprint density at radius 2 is 1.78 bits per heavy atom. The van der Waals surface area contributed by atoms with E-state index in [0.717, 1.165) is 23.5 Å². The van der Waals surface area contributed by atoms with Gasteiger partial charge in [0.05, 0.1) is 6.54 Å². The zero-order valence-electron chi connectivity index (χ0n) is 14.2. The molecule has 0 saturated carbocycles. The van der Waals surface area contributed by atoms with E-state index in [2.05, 4.69) is 15.5 Å². The Morgan fingerprint density at radius 1 is 1.04 bits per heavy atom. The predicted octanol–water partition coefficient (Wildman–Crippen LogP) is 3.84. The highest BCUT2D eigenvalue weighted by atomic mass is 32.1. The molecule has 140 valence electrons. The van der Waals surface area contributed by atoms with Crippen molar-refractivity contribution in [3.63, 3.8) is 0 Å². The normalized spacial score (nSPS) is 11.0. The number of rotatable bonds is 6. The first-order chi connectivity index (χ1) is 12.9. The van der Waals surface area contributed by atoms with Crippen LogP contribution in [0.4, 0.5) is 18.9 Å². The first-order valence-electron chi connectivity index (χ1n) is 7.92. The Morgan fingerprint density at radius 3 is 2.48 bits per heavy atom. The highest BCUT2D eigenvalue weighted by Crippen LogP contribution is 2.17. The highest BCUT2D eigenvalue weighted by Gasteiger charge is 2.15. The van der Waals surface area contributed by atoms with Crippen LogP contribution < -0.4 is 5.32 Å². The lowest BCUT2D eigenvalue weighted by molar-refractivity contribution is 0.102. The van der Waals surface area contributed by atoms with E-state index in [1.165, 1.54) is 30.3 Å². The van der Waals surface area contributed by atoms with Gasteiger partial charge in [0, 0.05) is 12.2 Å². The predicted molar refractivity (Wildman–Crippen MR) is 95.8 cm³/mol. The van der Waals surface area contributed by atoms with Gasteiger partial charge in [-0.25, -0.2) is 13.2 Å². The molecule has 0 aliphatic rings. The zero-order valence-corrected chi connectivity index (χ0v) is 15.1. The van der Waals surface area contributed by atoms with Gasteiger partial charge in [-0.3, -0.25) is 9.69 Å². The summed E-state index contributed by atoms with van der Waals surface area (Å²) in [6.07, 6.45) is 0. The summed E-state index contributed by atoms with van der Waals surface area (Å²) in [5.74, 6) is -2.61. The number of carbonyl (C=O) groups excluding carboxylic acids is 1. The second kappa shape index (κ2) is 8.28. The van der Waals surface area contributed by atoms with Gasteiger partial charge in [0.2, 0.25) is 5.01 Å². The van der Waals surface area contributed by atoms with E-state index in [1.807, 2.05) is 4.90 Å². The number of carbonyl (C=O) groups is 1. The van der Waals surface area contributed by atoms with Gasteiger partial charge < -0.3 is 5.32 Å². The van der Waals surface area contributed by atoms with E-state index in [1.54, 1.807) is 7.05 Å². The average Bonchev–Trinajstić information content (AvgIpc) is 3.08. The van der Waals surface area contributed by atoms with Crippen LogP contribution in [0.3, 0.4) is 0 Å². The molecule has 0 bridgehead atoms. The largest absolute Gasteiger partial charge is 0.320 e. The minimum Gasteiger partial charge on any atom is -0.320 e. The van der Waals surface area contributed by atoms with E-state index in [0.29, 0.717) is 29.3 Å². The lowest BCUT2D eigenvalue weighted by Crippen LogP contribution is -2.17. The third kappa shape index (κ3) is 5.11. The van der Waals surface area contributed by atoms with Crippen molar-refractivity contribution in [3.05, 3.63) is 75.5 Å². The fraction of sp³-hybridized carbons (Fsp3) is 0.167. The Labute approximate surface area is 157 Å². The molecule has 1 amide bonds. The maximum absolute atomic E-state index is 13.3. The van der Waals surface area contributed by atoms with Crippen LogP contribution in [0.15, 0.2) is 42.5 Å². The maximum Gasteiger partial charge on any atom is 0.286 e. The minimum absolute atomic E-state index is 0.176. The average molecular weight is 392 g/mol. The molecule has 0 unspecified atom stereocenters. The van der Waals surface area contributed by atoms with Gasteiger partial charge in [-0.05, 0) is 49.0 Å². The molecule has 1 N–H and O–H groups in total. The van der Waals surface area contributed by atoms with Crippen molar-refractivity contribution < 1.29 is 18.0 Å².